The number of nitrogens with zero attached hydrogens (tertiary/aromatic N) is 5. The number of ketones is 2. The Morgan fingerprint density at radius 1 is 0.904 bits per heavy atom. The zero-order valence-corrected chi connectivity index (χ0v) is 47.7. The number of nitrogens with one attached hydrogen (secondary N) is 2. The topological polar surface area (TPSA) is 206 Å². The van der Waals surface area contributed by atoms with Gasteiger partial charge in [-0.15, -0.1) is 11.3 Å². The summed E-state index contributed by atoms with van der Waals surface area (Å²) in [7, 11) is -4.38. The van der Waals surface area contributed by atoms with Crippen LogP contribution < -0.4 is 14.2 Å². The van der Waals surface area contributed by atoms with Crippen molar-refractivity contribution in [1.82, 2.24) is 29.1 Å². The number of H-pyrrole nitrogens is 1. The van der Waals surface area contributed by atoms with Crippen molar-refractivity contribution in [2.24, 2.45) is 5.92 Å². The fourth-order valence-electron chi connectivity index (χ4n) is 10.9. The van der Waals surface area contributed by atoms with Crippen LogP contribution in [0.1, 0.15) is 71.4 Å². The molecule has 22 heteroatoms. The van der Waals surface area contributed by atoms with E-state index in [9.17, 15) is 32.3 Å². The van der Waals surface area contributed by atoms with Crippen LogP contribution in [0.15, 0.2) is 109 Å². The van der Waals surface area contributed by atoms with Crippen molar-refractivity contribution in [3.63, 3.8) is 0 Å². The largest absolute Gasteiger partial charge is 0.491 e. The fourth-order valence-corrected chi connectivity index (χ4v) is 13.0. The van der Waals surface area contributed by atoms with Crippen molar-refractivity contribution in [3.05, 3.63) is 155 Å². The molecule has 2 saturated heterocycles. The molecule has 1 amide bonds. The van der Waals surface area contributed by atoms with Gasteiger partial charge in [0.15, 0.2) is 11.6 Å². The first-order valence-corrected chi connectivity index (χ1v) is 29.8. The van der Waals surface area contributed by atoms with Gasteiger partial charge in [-0.3, -0.25) is 19.1 Å². The third-order valence-electron chi connectivity index (χ3n) is 15.2. The molecule has 0 saturated carbocycles. The maximum absolute atomic E-state index is 15.8. The lowest BCUT2D eigenvalue weighted by molar-refractivity contribution is -0.142. The van der Waals surface area contributed by atoms with Gasteiger partial charge in [0.1, 0.15) is 48.4 Å². The Balaban J connectivity index is 0.681. The number of carbonyl (C=O) groups is 3. The number of aliphatic hydroxyl groups is 1. The van der Waals surface area contributed by atoms with Gasteiger partial charge in [-0.2, -0.15) is 12.7 Å². The number of carbonyl (C=O) groups excluding carboxylic acids is 3. The van der Waals surface area contributed by atoms with Crippen LogP contribution in [0.2, 0.25) is 0 Å². The number of amides is 1. The summed E-state index contributed by atoms with van der Waals surface area (Å²) in [6, 6.07) is 23.0. The van der Waals surface area contributed by atoms with E-state index < -0.39 is 69.8 Å². The third-order valence-corrected chi connectivity index (χ3v) is 17.7. The molecule has 3 aliphatic rings. The number of hydrogen-bond acceptors (Lipinski definition) is 14. The zero-order valence-electron chi connectivity index (χ0n) is 46.1. The summed E-state index contributed by atoms with van der Waals surface area (Å²) in [4.78, 5) is 58.5. The first kappa shape index (κ1) is 58.7. The van der Waals surface area contributed by atoms with E-state index in [-0.39, 0.29) is 93.0 Å². The van der Waals surface area contributed by atoms with Crippen molar-refractivity contribution < 1.29 is 60.0 Å². The van der Waals surface area contributed by atoms with Gasteiger partial charge >= 0.3 is 10.2 Å². The number of ether oxygens (including phenoxy) is 4. The highest BCUT2D eigenvalue weighted by atomic mass is 32.2. The molecular weight excluding hydrogens is 1110 g/mol. The quantitative estimate of drug-likeness (QED) is 0.0361. The van der Waals surface area contributed by atoms with Crippen LogP contribution in [0.4, 0.5) is 18.9 Å². The molecule has 0 bridgehead atoms. The Hall–Kier alpha value is -7.47. The molecule has 4 atom stereocenters. The Bertz CT molecular complexity index is 3650. The molecule has 2 fully saturated rings. The molecule has 7 aromatic rings. The summed E-state index contributed by atoms with van der Waals surface area (Å²) >= 11 is 1.53. The van der Waals surface area contributed by atoms with Gasteiger partial charge < -0.3 is 38.8 Å². The monoisotopic (exact) mass is 1180 g/mol. The lowest BCUT2D eigenvalue weighted by Gasteiger charge is -2.36. The number of thiazole rings is 1. The number of aliphatic hydroxyl groups excluding tert-OH is 1. The molecule has 0 aliphatic carbocycles. The van der Waals surface area contributed by atoms with Gasteiger partial charge in [-0.1, -0.05) is 69.0 Å². The van der Waals surface area contributed by atoms with Crippen LogP contribution in [-0.2, 0) is 42.2 Å². The summed E-state index contributed by atoms with van der Waals surface area (Å²) < 4.78 is 97.0. The van der Waals surface area contributed by atoms with Crippen molar-refractivity contribution in [1.29, 1.82) is 0 Å². The summed E-state index contributed by atoms with van der Waals surface area (Å²) in [5, 5.41) is 11.1. The summed E-state index contributed by atoms with van der Waals surface area (Å²) in [5.41, 5.74) is 7.20. The van der Waals surface area contributed by atoms with E-state index in [1.165, 1.54) is 17.5 Å². The Kier molecular flexibility index (Phi) is 18.1. The molecule has 0 spiro atoms. The molecule has 10 rings (SSSR count). The minimum atomic E-state index is -4.38. The average molecular weight is 1180 g/mol. The smallest absolute Gasteiger partial charge is 0.301 e. The molecule has 3 N–H and O–H groups in total. The lowest BCUT2D eigenvalue weighted by atomic mass is 9.97. The van der Waals surface area contributed by atoms with Crippen LogP contribution in [0.25, 0.3) is 38.3 Å². The van der Waals surface area contributed by atoms with Crippen LogP contribution in [-0.4, -0.2) is 144 Å². The maximum Gasteiger partial charge on any atom is 0.301 e. The van der Waals surface area contributed by atoms with Gasteiger partial charge in [0.2, 0.25) is 11.7 Å². The second-order valence-electron chi connectivity index (χ2n) is 21.1. The number of rotatable bonds is 25. The highest BCUT2D eigenvalue weighted by Gasteiger charge is 2.44. The van der Waals surface area contributed by atoms with Crippen molar-refractivity contribution in [3.8, 4) is 33.1 Å². The molecule has 3 aromatic heterocycles. The van der Waals surface area contributed by atoms with Gasteiger partial charge in [0.05, 0.1) is 65.9 Å². The zero-order chi connectivity index (χ0) is 58.5. The van der Waals surface area contributed by atoms with E-state index in [4.69, 9.17) is 18.9 Å². The predicted octanol–water partition coefficient (Wildman–Crippen LogP) is 9.34. The fraction of sp³-hybridized carbons (Fsp3) is 0.361. The summed E-state index contributed by atoms with van der Waals surface area (Å²) in [6.45, 7) is 12.0. The minimum Gasteiger partial charge on any atom is -0.491 e. The highest BCUT2D eigenvalue weighted by Crippen LogP contribution is 2.38. The van der Waals surface area contributed by atoms with Crippen molar-refractivity contribution in [2.75, 3.05) is 64.0 Å². The number of aromatic nitrogens is 3. The number of benzene rings is 4. The molecule has 6 heterocycles. The first-order valence-electron chi connectivity index (χ1n) is 27.5. The first-order chi connectivity index (χ1) is 39.9. The molecule has 17 nitrogen and oxygen atoms in total. The number of hydrogen-bond donors (Lipinski definition) is 3. The second kappa shape index (κ2) is 25.6. The Morgan fingerprint density at radius 3 is 2.35 bits per heavy atom. The van der Waals surface area contributed by atoms with Crippen LogP contribution in [0, 0.1) is 24.5 Å². The van der Waals surface area contributed by atoms with E-state index in [0.717, 1.165) is 55.0 Å². The predicted molar refractivity (Wildman–Crippen MR) is 309 cm³/mol. The number of aryl methyl sites for hydroxylation is 2. The average Bonchev–Trinajstić information content (AvgIpc) is 4.55. The van der Waals surface area contributed by atoms with E-state index in [1.807, 2.05) is 72.9 Å². The van der Waals surface area contributed by atoms with Crippen LogP contribution in [0.5, 0.6) is 11.5 Å². The molecule has 0 radical (unpaired) electrons. The number of anilines is 1. The van der Waals surface area contributed by atoms with Crippen LogP contribution in [0.3, 0.4) is 0 Å². The number of likely N-dealkylation sites (tertiary alicyclic amines) is 1. The number of fused-ring (bicyclic) bond motifs is 2. The molecule has 3 aliphatic heterocycles. The number of alkyl halides is 1. The number of halogens is 3. The summed E-state index contributed by atoms with van der Waals surface area (Å²) in [5.74, 6) is -2.87. The van der Waals surface area contributed by atoms with Gasteiger partial charge in [0.25, 0.3) is 0 Å². The number of β-amino-alcohol motifs (C(OH)–C–C–N with tert-alkyl or cyclic N) is 1. The molecule has 83 heavy (non-hydrogen) atoms. The van der Waals surface area contributed by atoms with E-state index >= 15 is 8.78 Å². The molecule has 4 aromatic carbocycles. The molecular formula is C61H64F3N7O10S2. The van der Waals surface area contributed by atoms with Gasteiger partial charge in [-0.05, 0) is 84.3 Å². The minimum absolute atomic E-state index is 0.0136. The standard InChI is InChI=1S/C61H64F3N7O10S2/c1-36(2)57(70-32-42-7-5-6-8-47(42)38(70)4)61(75)71-34-45(72)29-52(71)53(73)18-13-40-9-10-41(59-37(3)67-35-82-59)28-54(40)81-26-24-79-22-21-78-23-25-80-46-14-11-39(12-15-46)43-27-48-49(31-66-60(48)65-30-43)58(74)55-50(63)16-17-51(56(55)64)68-83(76,77)69-20-19-44(62)33-69/h5-12,14-17,27-28,30-31,35-36,44-45,52,57,68,72H,4,13,18-26,29,32-34H2,1-3H3,(H,65,66)/t44-,45-,52+,57+/m1/s1. The van der Waals surface area contributed by atoms with E-state index in [1.54, 1.807) is 46.9 Å². The Labute approximate surface area is 483 Å². The Morgan fingerprint density at radius 2 is 1.64 bits per heavy atom. The van der Waals surface area contributed by atoms with Crippen molar-refractivity contribution >= 4 is 61.4 Å². The highest BCUT2D eigenvalue weighted by molar-refractivity contribution is 7.90. The number of Topliss-reactive ketones (excluding diaryl/α,β-unsaturated/α-hetero) is 1. The molecule has 0 unspecified atom stereocenters. The SMILES string of the molecule is C=C1c2ccccc2CN1[C@H](C(=O)N1C[C@H](O)C[C@H]1C(=O)CCc1ccc(-c2scnc2C)cc1OCCOCCOCCOc1ccc(-c2cnc3[nH]cc(C(=O)c4c(F)ccc(NS(=O)(=O)N5CC[C@@H](F)C5)c4F)c3c2)cc1)C(C)C. The van der Waals surface area contributed by atoms with E-state index in [0.29, 0.717) is 48.8 Å². The number of pyridine rings is 1. The summed E-state index contributed by atoms with van der Waals surface area (Å²) in [6.07, 6.45) is 1.34. The van der Waals surface area contributed by atoms with Crippen LogP contribution >= 0.6 is 11.3 Å². The normalized spacial score (nSPS) is 17.6. The molecule has 436 valence electrons. The maximum atomic E-state index is 15.8. The van der Waals surface area contributed by atoms with Crippen molar-refractivity contribution in [2.45, 2.75) is 77.4 Å². The van der Waals surface area contributed by atoms with E-state index in [2.05, 4.69) is 21.5 Å². The third kappa shape index (κ3) is 13.0. The van der Waals surface area contributed by atoms with Gasteiger partial charge in [0, 0.05) is 79.2 Å². The second-order valence-corrected chi connectivity index (χ2v) is 23.6. The lowest BCUT2D eigenvalue weighted by Crippen LogP contribution is -2.52. The van der Waals surface area contributed by atoms with Gasteiger partial charge in [-0.25, -0.2) is 23.1 Å². The number of aromatic amines is 1.